The molecule has 0 fully saturated rings. The molecular formula is C21H18ClN5O4S. The van der Waals surface area contributed by atoms with Gasteiger partial charge < -0.3 is 21.1 Å². The quantitative estimate of drug-likeness (QED) is 0.291. The van der Waals surface area contributed by atoms with Crippen molar-refractivity contribution in [2.45, 2.75) is 18.9 Å². The minimum atomic E-state index is -1.29. The Balaban J connectivity index is 1.60. The molecule has 1 aromatic carbocycles. The summed E-state index contributed by atoms with van der Waals surface area (Å²) in [5.74, 6) is -1.96. The van der Waals surface area contributed by atoms with Gasteiger partial charge in [0, 0.05) is 27.6 Å². The average molecular weight is 472 g/mol. The molecule has 3 aromatic heterocycles. The van der Waals surface area contributed by atoms with Gasteiger partial charge in [-0.25, -0.2) is 4.79 Å². The lowest BCUT2D eigenvalue weighted by Crippen LogP contribution is -2.33. The van der Waals surface area contributed by atoms with Gasteiger partial charge in [-0.1, -0.05) is 36.7 Å². The molecule has 0 aliphatic heterocycles. The van der Waals surface area contributed by atoms with E-state index in [2.05, 4.69) is 20.3 Å². The van der Waals surface area contributed by atoms with Gasteiger partial charge in [0.2, 0.25) is 5.95 Å². The molecule has 0 saturated carbocycles. The van der Waals surface area contributed by atoms with Crippen LogP contribution in [0.25, 0.3) is 11.0 Å². The first-order valence-electron chi connectivity index (χ1n) is 9.51. The molecule has 0 saturated heterocycles. The summed E-state index contributed by atoms with van der Waals surface area (Å²) in [6.45, 7) is 1.90. The maximum Gasteiger partial charge on any atom is 0.330 e. The summed E-state index contributed by atoms with van der Waals surface area (Å²) in [6.07, 6.45) is 1.69. The van der Waals surface area contributed by atoms with Crippen molar-refractivity contribution >= 4 is 51.8 Å². The number of carbonyl (C=O) groups excluding carboxylic acids is 1. The standard InChI is InChI=1S/C21H18ClN5O4S/c1-9(11-8-24-17-15(11)19(29)27-21(23)26-17)13-6-7-14(32-13)18(28)25-16(20(30)31)10-4-2-3-5-12(10)22/h2-9,16H,1H3,(H,25,28)(H,30,31)(H4,23,24,26,27,29). The van der Waals surface area contributed by atoms with E-state index >= 15 is 0 Å². The molecule has 0 aliphatic rings. The lowest BCUT2D eigenvalue weighted by atomic mass is 10.0. The number of anilines is 1. The zero-order valence-electron chi connectivity index (χ0n) is 16.7. The van der Waals surface area contributed by atoms with Gasteiger partial charge in [-0.2, -0.15) is 4.98 Å². The number of hydrogen-bond acceptors (Lipinski definition) is 6. The van der Waals surface area contributed by atoms with Gasteiger partial charge in [-0.3, -0.25) is 14.6 Å². The third-order valence-corrected chi connectivity index (χ3v) is 6.68. The van der Waals surface area contributed by atoms with Gasteiger partial charge in [0.15, 0.2) is 6.04 Å². The van der Waals surface area contributed by atoms with Crippen LogP contribution >= 0.6 is 22.9 Å². The summed E-state index contributed by atoms with van der Waals surface area (Å²) >= 11 is 7.32. The number of aromatic nitrogens is 3. The molecule has 2 atom stereocenters. The molecule has 0 bridgehead atoms. The third-order valence-electron chi connectivity index (χ3n) is 5.07. The van der Waals surface area contributed by atoms with Crippen LogP contribution in [0.5, 0.6) is 0 Å². The topological polar surface area (TPSA) is 154 Å². The number of H-pyrrole nitrogens is 2. The first-order valence-corrected chi connectivity index (χ1v) is 10.7. The number of carboxylic acid groups (broad SMARTS) is 1. The number of halogens is 1. The van der Waals surface area contributed by atoms with Gasteiger partial charge in [0.1, 0.15) is 5.65 Å². The number of benzene rings is 1. The number of carboxylic acids is 1. The van der Waals surface area contributed by atoms with E-state index in [1.54, 1.807) is 42.6 Å². The van der Waals surface area contributed by atoms with Crippen molar-refractivity contribution in [1.29, 1.82) is 0 Å². The fourth-order valence-electron chi connectivity index (χ4n) is 3.47. The highest BCUT2D eigenvalue weighted by Crippen LogP contribution is 2.33. The van der Waals surface area contributed by atoms with Crippen LogP contribution in [0.2, 0.25) is 5.02 Å². The molecule has 6 N–H and O–H groups in total. The largest absolute Gasteiger partial charge is 0.479 e. The van der Waals surface area contributed by atoms with Crippen molar-refractivity contribution in [2.75, 3.05) is 5.73 Å². The number of aliphatic carboxylic acids is 1. The predicted molar refractivity (Wildman–Crippen MR) is 122 cm³/mol. The Kier molecular flexibility index (Phi) is 5.72. The second-order valence-electron chi connectivity index (χ2n) is 7.11. The van der Waals surface area contributed by atoms with E-state index in [1.807, 2.05) is 6.92 Å². The molecule has 4 aromatic rings. The van der Waals surface area contributed by atoms with Crippen molar-refractivity contribution in [3.8, 4) is 0 Å². The van der Waals surface area contributed by atoms with Gasteiger partial charge in [-0.15, -0.1) is 11.3 Å². The highest BCUT2D eigenvalue weighted by Gasteiger charge is 2.26. The summed E-state index contributed by atoms with van der Waals surface area (Å²) in [5, 5.41) is 12.8. The SMILES string of the molecule is CC(c1ccc(C(=O)NC(C(=O)O)c2ccccc2Cl)s1)c1c[nH]c2nc(N)[nH]c(=O)c12. The van der Waals surface area contributed by atoms with E-state index in [1.165, 1.54) is 11.3 Å². The first kappa shape index (κ1) is 21.6. The summed E-state index contributed by atoms with van der Waals surface area (Å²) < 4.78 is 0. The lowest BCUT2D eigenvalue weighted by molar-refractivity contribution is -0.139. The molecule has 1 amide bonds. The zero-order valence-corrected chi connectivity index (χ0v) is 18.3. The lowest BCUT2D eigenvalue weighted by Gasteiger charge is -2.15. The molecule has 3 heterocycles. The van der Waals surface area contributed by atoms with E-state index in [0.717, 1.165) is 4.88 Å². The van der Waals surface area contributed by atoms with E-state index in [9.17, 15) is 19.5 Å². The molecule has 2 unspecified atom stereocenters. The Morgan fingerprint density at radius 1 is 1.22 bits per heavy atom. The number of nitrogens with two attached hydrogens (primary N) is 1. The summed E-state index contributed by atoms with van der Waals surface area (Å²) in [4.78, 5) is 47.6. The molecule has 0 radical (unpaired) electrons. The van der Waals surface area contributed by atoms with Crippen molar-refractivity contribution in [3.63, 3.8) is 0 Å². The normalized spacial score (nSPS) is 13.1. The van der Waals surface area contributed by atoms with Crippen LogP contribution in [-0.2, 0) is 4.79 Å². The number of rotatable bonds is 6. The number of amides is 1. The van der Waals surface area contributed by atoms with Gasteiger partial charge in [0.25, 0.3) is 11.5 Å². The van der Waals surface area contributed by atoms with Crippen molar-refractivity contribution < 1.29 is 14.7 Å². The van der Waals surface area contributed by atoms with Crippen molar-refractivity contribution in [1.82, 2.24) is 20.3 Å². The van der Waals surface area contributed by atoms with Crippen molar-refractivity contribution in [2.24, 2.45) is 0 Å². The summed E-state index contributed by atoms with van der Waals surface area (Å²) in [7, 11) is 0. The monoisotopic (exact) mass is 471 g/mol. The average Bonchev–Trinajstić information content (AvgIpc) is 3.39. The molecule has 4 rings (SSSR count). The second-order valence-corrected chi connectivity index (χ2v) is 8.63. The van der Waals surface area contributed by atoms with Crippen molar-refractivity contribution in [3.05, 3.63) is 78.9 Å². The number of nitrogens with zero attached hydrogens (tertiary/aromatic N) is 1. The fourth-order valence-corrected chi connectivity index (χ4v) is 4.69. The zero-order chi connectivity index (χ0) is 23.0. The Morgan fingerprint density at radius 3 is 2.69 bits per heavy atom. The molecule has 0 spiro atoms. The van der Waals surface area contributed by atoms with Crippen LogP contribution in [0, 0.1) is 0 Å². The van der Waals surface area contributed by atoms with Crippen LogP contribution in [0.4, 0.5) is 5.95 Å². The number of aromatic amines is 2. The highest BCUT2D eigenvalue weighted by molar-refractivity contribution is 7.14. The van der Waals surface area contributed by atoms with Crippen LogP contribution in [0.1, 0.15) is 44.6 Å². The Morgan fingerprint density at radius 2 is 1.97 bits per heavy atom. The summed E-state index contributed by atoms with van der Waals surface area (Å²) in [6, 6.07) is 8.55. The smallest absolute Gasteiger partial charge is 0.330 e. The van der Waals surface area contributed by atoms with E-state index < -0.39 is 17.9 Å². The molecule has 0 aliphatic carbocycles. The fraction of sp³-hybridized carbons (Fsp3) is 0.143. The second kappa shape index (κ2) is 8.48. The molecule has 9 nitrogen and oxygen atoms in total. The Labute approximate surface area is 190 Å². The van der Waals surface area contributed by atoms with Gasteiger partial charge in [0.05, 0.1) is 10.3 Å². The molecule has 11 heteroatoms. The molecule has 164 valence electrons. The maximum atomic E-state index is 12.8. The predicted octanol–water partition coefficient (Wildman–Crippen LogP) is 3.26. The van der Waals surface area contributed by atoms with E-state index in [4.69, 9.17) is 17.3 Å². The Bertz CT molecular complexity index is 1390. The minimum absolute atomic E-state index is 0.0186. The van der Waals surface area contributed by atoms with Gasteiger partial charge >= 0.3 is 5.97 Å². The van der Waals surface area contributed by atoms with Crippen LogP contribution in [0.15, 0.2) is 47.4 Å². The molecule has 32 heavy (non-hydrogen) atoms. The van der Waals surface area contributed by atoms with Crippen LogP contribution in [0.3, 0.4) is 0 Å². The number of nitrogen functional groups attached to an aromatic ring is 1. The number of thiophene rings is 1. The number of hydrogen-bond donors (Lipinski definition) is 5. The number of fused-ring (bicyclic) bond motifs is 1. The minimum Gasteiger partial charge on any atom is -0.479 e. The van der Waals surface area contributed by atoms with Gasteiger partial charge in [-0.05, 0) is 23.8 Å². The van der Waals surface area contributed by atoms with E-state index in [0.29, 0.717) is 27.0 Å². The highest BCUT2D eigenvalue weighted by atomic mass is 35.5. The first-order chi connectivity index (χ1) is 15.3. The number of nitrogens with one attached hydrogen (secondary N) is 3. The Hall–Kier alpha value is -3.63. The molecular weight excluding hydrogens is 454 g/mol. The van der Waals surface area contributed by atoms with Crippen LogP contribution in [-0.4, -0.2) is 31.9 Å². The van der Waals surface area contributed by atoms with Crippen LogP contribution < -0.4 is 16.6 Å². The number of carbonyl (C=O) groups is 2. The van der Waals surface area contributed by atoms with E-state index in [-0.39, 0.29) is 22.4 Å². The summed E-state index contributed by atoms with van der Waals surface area (Å²) in [5.41, 5.74) is 6.63. The third kappa shape index (κ3) is 3.97. The maximum absolute atomic E-state index is 12.8.